The molecule has 0 saturated carbocycles. The third-order valence-corrected chi connectivity index (χ3v) is 3.98. The minimum absolute atomic E-state index is 0.253. The first-order valence-corrected chi connectivity index (χ1v) is 7.93. The monoisotopic (exact) mass is 325 g/mol. The number of aryl methyl sites for hydroxylation is 3. The van der Waals surface area contributed by atoms with Crippen molar-refractivity contribution >= 4 is 11.9 Å². The lowest BCUT2D eigenvalue weighted by Crippen LogP contribution is -2.43. The summed E-state index contributed by atoms with van der Waals surface area (Å²) in [4.78, 5) is 24.8. The van der Waals surface area contributed by atoms with Crippen molar-refractivity contribution in [1.82, 2.24) is 5.32 Å². The predicted molar refractivity (Wildman–Crippen MR) is 94.1 cm³/mol. The minimum atomic E-state index is -0.718. The largest absolute Gasteiger partial charge is 0.467 e. The van der Waals surface area contributed by atoms with E-state index in [2.05, 4.69) is 5.32 Å². The van der Waals surface area contributed by atoms with Crippen LogP contribution in [-0.2, 0) is 16.0 Å². The molecule has 2 aromatic rings. The van der Waals surface area contributed by atoms with E-state index < -0.39 is 12.0 Å². The first kappa shape index (κ1) is 17.7. The number of methoxy groups -OCH3 is 1. The summed E-state index contributed by atoms with van der Waals surface area (Å²) >= 11 is 0. The molecular formula is C20H23NO3. The van der Waals surface area contributed by atoms with Crippen LogP contribution in [0.25, 0.3) is 0 Å². The average Bonchev–Trinajstić information content (AvgIpc) is 2.53. The van der Waals surface area contributed by atoms with Gasteiger partial charge in [-0.25, -0.2) is 4.79 Å². The van der Waals surface area contributed by atoms with Crippen LogP contribution < -0.4 is 5.32 Å². The SMILES string of the molecule is COC(=O)[C@H](Cc1ccccc1)NC(=O)c1c(C)cc(C)cc1C. The molecule has 0 saturated heterocycles. The molecule has 24 heavy (non-hydrogen) atoms. The molecule has 4 heteroatoms. The number of esters is 1. The maximum Gasteiger partial charge on any atom is 0.328 e. The van der Waals surface area contributed by atoms with E-state index in [-0.39, 0.29) is 5.91 Å². The maximum atomic E-state index is 12.7. The zero-order valence-electron chi connectivity index (χ0n) is 14.6. The number of ether oxygens (including phenoxy) is 1. The van der Waals surface area contributed by atoms with Gasteiger partial charge in [-0.05, 0) is 37.5 Å². The second-order valence-electron chi connectivity index (χ2n) is 6.01. The van der Waals surface area contributed by atoms with Crippen LogP contribution in [-0.4, -0.2) is 25.0 Å². The highest BCUT2D eigenvalue weighted by Gasteiger charge is 2.24. The Morgan fingerprint density at radius 2 is 1.62 bits per heavy atom. The smallest absolute Gasteiger partial charge is 0.328 e. The normalized spacial score (nSPS) is 11.7. The molecule has 4 nitrogen and oxygen atoms in total. The Morgan fingerprint density at radius 1 is 1.04 bits per heavy atom. The molecule has 2 aromatic carbocycles. The van der Waals surface area contributed by atoms with Gasteiger partial charge in [-0.2, -0.15) is 0 Å². The Bertz CT molecular complexity index is 715. The average molecular weight is 325 g/mol. The van der Waals surface area contributed by atoms with E-state index in [4.69, 9.17) is 4.74 Å². The Labute approximate surface area is 142 Å². The Kier molecular flexibility index (Phi) is 5.74. The molecular weight excluding hydrogens is 302 g/mol. The van der Waals surface area contributed by atoms with E-state index in [0.29, 0.717) is 12.0 Å². The van der Waals surface area contributed by atoms with E-state index in [1.54, 1.807) is 0 Å². The van der Waals surface area contributed by atoms with Gasteiger partial charge in [-0.3, -0.25) is 4.79 Å². The van der Waals surface area contributed by atoms with Crippen molar-refractivity contribution in [3.63, 3.8) is 0 Å². The summed E-state index contributed by atoms with van der Waals surface area (Å²) < 4.78 is 4.85. The first-order valence-electron chi connectivity index (χ1n) is 7.93. The summed E-state index contributed by atoms with van der Waals surface area (Å²) in [5.41, 5.74) is 4.48. The molecule has 1 amide bonds. The number of carbonyl (C=O) groups excluding carboxylic acids is 2. The zero-order chi connectivity index (χ0) is 17.7. The van der Waals surface area contributed by atoms with Crippen molar-refractivity contribution in [1.29, 1.82) is 0 Å². The van der Waals surface area contributed by atoms with Gasteiger partial charge in [0.05, 0.1) is 7.11 Å². The number of nitrogens with one attached hydrogen (secondary N) is 1. The van der Waals surface area contributed by atoms with E-state index in [1.165, 1.54) is 7.11 Å². The second-order valence-corrected chi connectivity index (χ2v) is 6.01. The lowest BCUT2D eigenvalue weighted by atomic mass is 9.98. The number of amides is 1. The van der Waals surface area contributed by atoms with Gasteiger partial charge in [-0.15, -0.1) is 0 Å². The third-order valence-electron chi connectivity index (χ3n) is 3.98. The standard InChI is InChI=1S/C20H23NO3/c1-13-10-14(2)18(15(3)11-13)19(22)21-17(20(23)24-4)12-16-8-6-5-7-9-16/h5-11,17H,12H2,1-4H3,(H,21,22)/t17-/m0/s1. The van der Waals surface area contributed by atoms with Gasteiger partial charge in [0.25, 0.3) is 5.91 Å². The van der Waals surface area contributed by atoms with Gasteiger partial charge in [0.2, 0.25) is 0 Å². The van der Waals surface area contributed by atoms with Crippen molar-refractivity contribution < 1.29 is 14.3 Å². The molecule has 0 aliphatic rings. The van der Waals surface area contributed by atoms with Gasteiger partial charge in [0.15, 0.2) is 0 Å². The fourth-order valence-electron chi connectivity index (χ4n) is 2.95. The molecule has 0 aliphatic carbocycles. The van der Waals surface area contributed by atoms with Gasteiger partial charge >= 0.3 is 5.97 Å². The molecule has 0 heterocycles. The molecule has 0 aromatic heterocycles. The van der Waals surface area contributed by atoms with Crippen LogP contribution in [0.1, 0.15) is 32.6 Å². The van der Waals surface area contributed by atoms with E-state index >= 15 is 0 Å². The van der Waals surface area contributed by atoms with Crippen molar-refractivity contribution in [3.05, 3.63) is 70.3 Å². The lowest BCUT2D eigenvalue weighted by Gasteiger charge is -2.18. The molecule has 1 atom stereocenters. The highest BCUT2D eigenvalue weighted by atomic mass is 16.5. The summed E-state index contributed by atoms with van der Waals surface area (Å²) in [6.45, 7) is 5.80. The van der Waals surface area contributed by atoms with Gasteiger partial charge < -0.3 is 10.1 Å². The van der Waals surface area contributed by atoms with Crippen LogP contribution in [0.4, 0.5) is 0 Å². The van der Waals surface area contributed by atoms with Crippen LogP contribution in [0.15, 0.2) is 42.5 Å². The second kappa shape index (κ2) is 7.77. The highest BCUT2D eigenvalue weighted by Crippen LogP contribution is 2.17. The third kappa shape index (κ3) is 4.22. The number of hydrogen-bond acceptors (Lipinski definition) is 3. The van der Waals surface area contributed by atoms with Gasteiger partial charge in [-0.1, -0.05) is 48.0 Å². The van der Waals surface area contributed by atoms with Crippen LogP contribution in [0.2, 0.25) is 0 Å². The molecule has 0 unspecified atom stereocenters. The summed E-state index contributed by atoms with van der Waals surface area (Å²) in [5, 5.41) is 2.82. The zero-order valence-corrected chi connectivity index (χ0v) is 14.6. The van der Waals surface area contributed by atoms with E-state index in [1.807, 2.05) is 63.2 Å². The lowest BCUT2D eigenvalue weighted by molar-refractivity contribution is -0.142. The van der Waals surface area contributed by atoms with Crippen molar-refractivity contribution in [2.75, 3.05) is 7.11 Å². The van der Waals surface area contributed by atoms with Crippen LogP contribution >= 0.6 is 0 Å². The van der Waals surface area contributed by atoms with Crippen molar-refractivity contribution in [3.8, 4) is 0 Å². The number of benzene rings is 2. The quantitative estimate of drug-likeness (QED) is 0.859. The highest BCUT2D eigenvalue weighted by molar-refractivity contribution is 5.99. The number of hydrogen-bond donors (Lipinski definition) is 1. The topological polar surface area (TPSA) is 55.4 Å². The summed E-state index contributed by atoms with van der Waals surface area (Å²) in [6.07, 6.45) is 0.392. The minimum Gasteiger partial charge on any atom is -0.467 e. The first-order chi connectivity index (χ1) is 11.4. The van der Waals surface area contributed by atoms with E-state index in [9.17, 15) is 9.59 Å². The fraction of sp³-hybridized carbons (Fsp3) is 0.300. The van der Waals surface area contributed by atoms with Crippen molar-refractivity contribution in [2.24, 2.45) is 0 Å². The molecule has 1 N–H and O–H groups in total. The Hall–Kier alpha value is -2.62. The molecule has 0 bridgehead atoms. The van der Waals surface area contributed by atoms with E-state index in [0.717, 1.165) is 22.3 Å². The number of rotatable bonds is 5. The summed E-state index contributed by atoms with van der Waals surface area (Å²) in [6, 6.07) is 12.8. The van der Waals surface area contributed by atoms with Crippen LogP contribution in [0.3, 0.4) is 0 Å². The molecule has 0 fully saturated rings. The fourth-order valence-corrected chi connectivity index (χ4v) is 2.95. The van der Waals surface area contributed by atoms with Crippen molar-refractivity contribution in [2.45, 2.75) is 33.2 Å². The van der Waals surface area contributed by atoms with Crippen LogP contribution in [0, 0.1) is 20.8 Å². The maximum absolute atomic E-state index is 12.7. The van der Waals surface area contributed by atoms with Crippen LogP contribution in [0.5, 0.6) is 0 Å². The molecule has 0 radical (unpaired) electrons. The summed E-state index contributed by atoms with van der Waals surface area (Å²) in [5.74, 6) is -0.703. The molecule has 126 valence electrons. The molecule has 0 aliphatic heterocycles. The molecule has 2 rings (SSSR count). The Morgan fingerprint density at radius 3 is 2.17 bits per heavy atom. The van der Waals surface area contributed by atoms with Gasteiger partial charge in [0, 0.05) is 12.0 Å². The molecule has 0 spiro atoms. The van der Waals surface area contributed by atoms with Gasteiger partial charge in [0.1, 0.15) is 6.04 Å². The Balaban J connectivity index is 2.23. The summed E-state index contributed by atoms with van der Waals surface area (Å²) in [7, 11) is 1.33. The number of carbonyl (C=O) groups is 2. The predicted octanol–water partition coefficient (Wildman–Crippen LogP) is 3.13.